The lowest BCUT2D eigenvalue weighted by atomic mass is 10.00. The van der Waals surface area contributed by atoms with Crippen LogP contribution in [0.1, 0.15) is 29.3 Å². The zero-order valence-electron chi connectivity index (χ0n) is 17.0. The molecule has 0 fully saturated rings. The largest absolute Gasteiger partial charge is 0.345 e. The van der Waals surface area contributed by atoms with Gasteiger partial charge in [-0.05, 0) is 30.2 Å². The first kappa shape index (κ1) is 22.0. The smallest absolute Gasteiger partial charge is 0.232 e. The maximum absolute atomic E-state index is 15.2. The highest BCUT2D eigenvalue weighted by molar-refractivity contribution is 7.92. The molecule has 0 aliphatic heterocycles. The Bertz CT molecular complexity index is 1420. The van der Waals surface area contributed by atoms with Gasteiger partial charge in [-0.3, -0.25) is 9.52 Å². The maximum atomic E-state index is 15.2. The fourth-order valence-corrected chi connectivity index (χ4v) is 4.81. The molecule has 4 aromatic rings. The summed E-state index contributed by atoms with van der Waals surface area (Å²) in [6.45, 7) is 1.70. The van der Waals surface area contributed by atoms with Crippen molar-refractivity contribution in [3.8, 4) is 11.1 Å². The Morgan fingerprint density at radius 2 is 1.91 bits per heavy atom. The third kappa shape index (κ3) is 4.24. The molecule has 0 saturated carbocycles. The molecule has 2 heterocycles. The van der Waals surface area contributed by atoms with Crippen molar-refractivity contribution >= 4 is 44.1 Å². The van der Waals surface area contributed by atoms with Crippen LogP contribution in [0.5, 0.6) is 0 Å². The normalized spacial score (nSPS) is 11.6. The predicted octanol–water partition coefficient (Wildman–Crippen LogP) is 5.41. The number of nitrogens with one attached hydrogen (secondary N) is 2. The molecule has 0 aliphatic rings. The lowest BCUT2D eigenvalue weighted by Crippen LogP contribution is -2.18. The second-order valence-corrected chi connectivity index (χ2v) is 9.47. The van der Waals surface area contributed by atoms with Gasteiger partial charge in [0, 0.05) is 28.9 Å². The summed E-state index contributed by atoms with van der Waals surface area (Å²) < 4.78 is 41.6. The Balaban J connectivity index is 1.79. The number of aromatic nitrogens is 2. The Kier molecular flexibility index (Phi) is 5.99. The number of nitrogens with zero attached hydrogens (tertiary/aromatic N) is 1. The molecule has 4 rings (SSSR count). The van der Waals surface area contributed by atoms with Crippen LogP contribution >= 0.6 is 11.6 Å². The Morgan fingerprint density at radius 3 is 2.62 bits per heavy atom. The number of fused-ring (bicyclic) bond motifs is 1. The number of ketones is 1. The van der Waals surface area contributed by atoms with E-state index in [1.54, 1.807) is 19.2 Å². The second-order valence-electron chi connectivity index (χ2n) is 7.22. The topological polar surface area (TPSA) is 91.9 Å². The number of H-pyrrole nitrogens is 1. The van der Waals surface area contributed by atoms with Gasteiger partial charge in [-0.2, -0.15) is 0 Å². The monoisotopic (exact) mass is 471 g/mol. The highest BCUT2D eigenvalue weighted by atomic mass is 35.5. The van der Waals surface area contributed by atoms with Crippen LogP contribution < -0.4 is 4.72 Å². The first-order valence-corrected chi connectivity index (χ1v) is 11.9. The van der Waals surface area contributed by atoms with Crippen molar-refractivity contribution in [3.05, 3.63) is 82.9 Å². The fraction of sp³-hybridized carbons (Fsp3) is 0.130. The van der Waals surface area contributed by atoms with Crippen molar-refractivity contribution in [1.29, 1.82) is 0 Å². The van der Waals surface area contributed by atoms with E-state index in [1.165, 1.54) is 18.3 Å². The Morgan fingerprint density at radius 1 is 1.16 bits per heavy atom. The minimum atomic E-state index is -3.75. The third-order valence-electron chi connectivity index (χ3n) is 4.94. The summed E-state index contributed by atoms with van der Waals surface area (Å²) in [5.41, 5.74) is 1.62. The highest BCUT2D eigenvalue weighted by Gasteiger charge is 2.25. The van der Waals surface area contributed by atoms with E-state index >= 15 is 4.39 Å². The molecule has 0 saturated heterocycles. The molecule has 164 valence electrons. The highest BCUT2D eigenvalue weighted by Crippen LogP contribution is 2.31. The van der Waals surface area contributed by atoms with Crippen LogP contribution in [0.3, 0.4) is 0 Å². The van der Waals surface area contributed by atoms with Crippen LogP contribution in [0.2, 0.25) is 5.02 Å². The van der Waals surface area contributed by atoms with Crippen molar-refractivity contribution in [2.75, 3.05) is 10.5 Å². The van der Waals surface area contributed by atoms with Crippen LogP contribution in [0.4, 0.5) is 10.1 Å². The average molecular weight is 472 g/mol. The number of aromatic amines is 1. The van der Waals surface area contributed by atoms with Gasteiger partial charge < -0.3 is 4.98 Å². The first-order valence-electron chi connectivity index (χ1n) is 9.86. The van der Waals surface area contributed by atoms with Crippen molar-refractivity contribution in [2.45, 2.75) is 13.3 Å². The number of anilines is 1. The van der Waals surface area contributed by atoms with Crippen molar-refractivity contribution in [1.82, 2.24) is 9.97 Å². The summed E-state index contributed by atoms with van der Waals surface area (Å²) in [4.78, 5) is 20.6. The Labute approximate surface area is 189 Å². The standard InChI is InChI=1S/C23H19ClFN3O3S/c1-2-10-32(30,31)28-19-9-8-18(24)20(21(19)25)22(29)17-13-27-23-16(17)11-15(12-26-23)14-6-4-3-5-7-14/h3-9,11-13,28H,2,10H2,1H3,(H,26,27). The van der Waals surface area contributed by atoms with Crippen LogP contribution in [-0.4, -0.2) is 29.9 Å². The maximum Gasteiger partial charge on any atom is 0.232 e. The average Bonchev–Trinajstić information content (AvgIpc) is 3.19. The quantitative estimate of drug-likeness (QED) is 0.353. The molecule has 0 radical (unpaired) electrons. The molecule has 0 unspecified atom stereocenters. The number of carbonyl (C=O) groups is 1. The van der Waals surface area contributed by atoms with Crippen LogP contribution in [0.15, 0.2) is 60.9 Å². The molecule has 2 aromatic carbocycles. The van der Waals surface area contributed by atoms with E-state index in [0.29, 0.717) is 17.5 Å². The lowest BCUT2D eigenvalue weighted by molar-refractivity contribution is 0.103. The number of benzene rings is 2. The van der Waals surface area contributed by atoms with Gasteiger partial charge in [0.2, 0.25) is 10.0 Å². The van der Waals surface area contributed by atoms with Gasteiger partial charge in [-0.25, -0.2) is 17.8 Å². The van der Waals surface area contributed by atoms with Crippen molar-refractivity contribution < 1.29 is 17.6 Å². The SMILES string of the molecule is CCCS(=O)(=O)Nc1ccc(Cl)c(C(=O)c2c[nH]c3ncc(-c4ccccc4)cc23)c1F. The Hall–Kier alpha value is -3.23. The van der Waals surface area contributed by atoms with Gasteiger partial charge in [0.15, 0.2) is 11.6 Å². The predicted molar refractivity (Wildman–Crippen MR) is 124 cm³/mol. The number of hydrogen-bond acceptors (Lipinski definition) is 4. The number of pyridine rings is 1. The molecule has 0 aliphatic carbocycles. The van der Waals surface area contributed by atoms with E-state index in [2.05, 4.69) is 14.7 Å². The van der Waals surface area contributed by atoms with E-state index < -0.39 is 27.2 Å². The van der Waals surface area contributed by atoms with E-state index in [0.717, 1.165) is 11.1 Å². The van der Waals surface area contributed by atoms with Gasteiger partial charge in [0.1, 0.15) is 5.65 Å². The minimum Gasteiger partial charge on any atom is -0.345 e. The molecule has 0 amide bonds. The molecular weight excluding hydrogens is 453 g/mol. The number of hydrogen-bond donors (Lipinski definition) is 2. The molecule has 0 atom stereocenters. The molecule has 6 nitrogen and oxygen atoms in total. The molecule has 9 heteroatoms. The zero-order valence-corrected chi connectivity index (χ0v) is 18.6. The van der Waals surface area contributed by atoms with E-state index in [1.807, 2.05) is 30.3 Å². The first-order chi connectivity index (χ1) is 15.3. The van der Waals surface area contributed by atoms with Gasteiger partial charge >= 0.3 is 0 Å². The van der Waals surface area contributed by atoms with Gasteiger partial charge in [0.25, 0.3) is 0 Å². The lowest BCUT2D eigenvalue weighted by Gasteiger charge is -2.12. The van der Waals surface area contributed by atoms with Gasteiger partial charge in [-0.15, -0.1) is 0 Å². The molecule has 32 heavy (non-hydrogen) atoms. The molecule has 0 bridgehead atoms. The summed E-state index contributed by atoms with van der Waals surface area (Å²) in [7, 11) is -3.75. The zero-order chi connectivity index (χ0) is 22.9. The van der Waals surface area contributed by atoms with E-state index in [4.69, 9.17) is 11.6 Å². The summed E-state index contributed by atoms with van der Waals surface area (Å²) in [6, 6.07) is 13.8. The number of sulfonamides is 1. The van der Waals surface area contributed by atoms with Crippen LogP contribution in [0.25, 0.3) is 22.2 Å². The molecular formula is C23H19ClFN3O3S. The molecule has 2 N–H and O–H groups in total. The van der Waals surface area contributed by atoms with E-state index in [-0.39, 0.29) is 22.0 Å². The third-order valence-corrected chi connectivity index (χ3v) is 6.73. The van der Waals surface area contributed by atoms with E-state index in [9.17, 15) is 13.2 Å². The summed E-state index contributed by atoms with van der Waals surface area (Å²) in [5, 5.41) is 0.385. The van der Waals surface area contributed by atoms with Gasteiger partial charge in [-0.1, -0.05) is 48.9 Å². The number of carbonyl (C=O) groups excluding carboxylic acids is 1. The summed E-state index contributed by atoms with van der Waals surface area (Å²) in [6.07, 6.45) is 3.49. The summed E-state index contributed by atoms with van der Waals surface area (Å²) in [5.74, 6) is -1.87. The second kappa shape index (κ2) is 8.72. The number of halogens is 2. The molecule has 2 aromatic heterocycles. The summed E-state index contributed by atoms with van der Waals surface area (Å²) >= 11 is 6.16. The van der Waals surface area contributed by atoms with Crippen molar-refractivity contribution in [2.24, 2.45) is 0 Å². The fourth-order valence-electron chi connectivity index (χ4n) is 3.44. The minimum absolute atomic E-state index is 0.118. The van der Waals surface area contributed by atoms with Gasteiger partial charge in [0.05, 0.1) is 22.0 Å². The van der Waals surface area contributed by atoms with Crippen LogP contribution in [-0.2, 0) is 10.0 Å². The number of rotatable bonds is 7. The van der Waals surface area contributed by atoms with Crippen LogP contribution in [0, 0.1) is 5.82 Å². The molecule has 0 spiro atoms. The van der Waals surface area contributed by atoms with Crippen molar-refractivity contribution in [3.63, 3.8) is 0 Å².